The van der Waals surface area contributed by atoms with Gasteiger partial charge in [-0.05, 0) is 56.1 Å². The molecule has 0 atom stereocenters. The van der Waals surface area contributed by atoms with E-state index in [4.69, 9.17) is 0 Å². The number of hydrogen-bond donors (Lipinski definition) is 0. The highest BCUT2D eigenvalue weighted by molar-refractivity contribution is 7.91. The first-order valence-electron chi connectivity index (χ1n) is 8.48. The summed E-state index contributed by atoms with van der Waals surface area (Å²) in [6.45, 7) is 5.36. The van der Waals surface area contributed by atoms with Gasteiger partial charge in [0.25, 0.3) is 10.0 Å². The predicted octanol–water partition coefficient (Wildman–Crippen LogP) is 3.13. The van der Waals surface area contributed by atoms with E-state index in [-0.39, 0.29) is 5.82 Å². The quantitative estimate of drug-likeness (QED) is 0.771. The van der Waals surface area contributed by atoms with Gasteiger partial charge in [0, 0.05) is 31.1 Å². The molecule has 1 saturated heterocycles. The van der Waals surface area contributed by atoms with Crippen LogP contribution < -0.4 is 0 Å². The van der Waals surface area contributed by atoms with Crippen LogP contribution in [0.1, 0.15) is 16.9 Å². The number of benzene rings is 1. The highest BCUT2D eigenvalue weighted by Gasteiger charge is 2.29. The van der Waals surface area contributed by atoms with E-state index in [2.05, 4.69) is 4.90 Å². The fourth-order valence-electron chi connectivity index (χ4n) is 3.07. The molecule has 1 aromatic carbocycles. The van der Waals surface area contributed by atoms with Gasteiger partial charge in [-0.25, -0.2) is 12.8 Å². The van der Waals surface area contributed by atoms with Crippen molar-refractivity contribution in [1.29, 1.82) is 0 Å². The second kappa shape index (κ2) is 7.95. The zero-order valence-electron chi connectivity index (χ0n) is 14.3. The molecule has 7 heteroatoms. The Balaban J connectivity index is 1.47. The van der Waals surface area contributed by atoms with Crippen LogP contribution in [0.3, 0.4) is 0 Å². The van der Waals surface area contributed by atoms with E-state index in [0.29, 0.717) is 17.3 Å². The van der Waals surface area contributed by atoms with Gasteiger partial charge in [0.15, 0.2) is 0 Å². The molecule has 4 nitrogen and oxygen atoms in total. The Kier molecular flexibility index (Phi) is 5.89. The summed E-state index contributed by atoms with van der Waals surface area (Å²) in [5.41, 5.74) is 1.01. The predicted molar refractivity (Wildman–Crippen MR) is 99.0 cm³/mol. The van der Waals surface area contributed by atoms with Gasteiger partial charge in [0.2, 0.25) is 0 Å². The lowest BCUT2D eigenvalue weighted by atomic mass is 10.1. The first kappa shape index (κ1) is 18.5. The zero-order chi connectivity index (χ0) is 17.9. The summed E-state index contributed by atoms with van der Waals surface area (Å²) in [7, 11) is -3.35. The summed E-state index contributed by atoms with van der Waals surface area (Å²) < 4.78 is 40.4. The Morgan fingerprint density at radius 3 is 2.52 bits per heavy atom. The van der Waals surface area contributed by atoms with Gasteiger partial charge in [-0.3, -0.25) is 0 Å². The molecule has 136 valence electrons. The average Bonchev–Trinajstić information content (AvgIpc) is 3.03. The highest BCUT2D eigenvalue weighted by atomic mass is 32.2. The maximum absolute atomic E-state index is 13.2. The van der Waals surface area contributed by atoms with Gasteiger partial charge in [-0.1, -0.05) is 12.1 Å². The van der Waals surface area contributed by atoms with Crippen LogP contribution in [0.5, 0.6) is 0 Å². The average molecular weight is 383 g/mol. The minimum absolute atomic E-state index is 0.194. The standard InChI is InChI=1S/C18H23FN2O2S2/c1-15-7-8-18(24-15)25(22,23)21-12-10-20(11-13-21)9-3-5-16-4-2-6-17(19)14-16/h2,4,6-8,14H,3,5,9-13H2,1H3. The Morgan fingerprint density at radius 1 is 1.12 bits per heavy atom. The lowest BCUT2D eigenvalue weighted by Gasteiger charge is -2.33. The van der Waals surface area contributed by atoms with Crippen molar-refractivity contribution >= 4 is 21.4 Å². The molecule has 0 spiro atoms. The van der Waals surface area contributed by atoms with Crippen LogP contribution in [0.25, 0.3) is 0 Å². The number of nitrogens with zero attached hydrogens (tertiary/aromatic N) is 2. The van der Waals surface area contributed by atoms with Crippen molar-refractivity contribution in [2.45, 2.75) is 24.0 Å². The van der Waals surface area contributed by atoms with Gasteiger partial charge < -0.3 is 4.90 Å². The minimum Gasteiger partial charge on any atom is -0.301 e. The summed E-state index contributed by atoms with van der Waals surface area (Å²) in [6.07, 6.45) is 1.78. The van der Waals surface area contributed by atoms with Gasteiger partial charge in [0.05, 0.1) is 0 Å². The third-order valence-electron chi connectivity index (χ3n) is 4.47. The highest BCUT2D eigenvalue weighted by Crippen LogP contribution is 2.25. The summed E-state index contributed by atoms with van der Waals surface area (Å²) in [5, 5.41) is 0. The molecule has 0 amide bonds. The number of thiophene rings is 1. The molecule has 0 aliphatic carbocycles. The van der Waals surface area contributed by atoms with Gasteiger partial charge in [-0.15, -0.1) is 11.3 Å². The third-order valence-corrected chi connectivity index (χ3v) is 7.84. The van der Waals surface area contributed by atoms with E-state index >= 15 is 0 Å². The fourth-order valence-corrected chi connectivity index (χ4v) is 5.93. The number of rotatable bonds is 6. The normalized spacial score (nSPS) is 17.0. The Hall–Kier alpha value is -1.28. The number of piperazine rings is 1. The van der Waals surface area contributed by atoms with E-state index in [1.165, 1.54) is 17.4 Å². The van der Waals surface area contributed by atoms with E-state index in [1.54, 1.807) is 22.5 Å². The summed E-state index contributed by atoms with van der Waals surface area (Å²) >= 11 is 1.33. The van der Waals surface area contributed by atoms with Gasteiger partial charge in [-0.2, -0.15) is 4.31 Å². The lowest BCUT2D eigenvalue weighted by molar-refractivity contribution is 0.187. The van der Waals surface area contributed by atoms with Crippen LogP contribution in [0.4, 0.5) is 4.39 Å². The van der Waals surface area contributed by atoms with E-state index in [9.17, 15) is 12.8 Å². The molecule has 2 aromatic rings. The Morgan fingerprint density at radius 2 is 1.88 bits per heavy atom. The second-order valence-electron chi connectivity index (χ2n) is 6.34. The van der Waals surface area contributed by atoms with E-state index < -0.39 is 10.0 Å². The van der Waals surface area contributed by atoms with Crippen LogP contribution in [0.15, 0.2) is 40.6 Å². The molecule has 1 fully saturated rings. The molecule has 25 heavy (non-hydrogen) atoms. The van der Waals surface area contributed by atoms with Crippen molar-refractivity contribution in [3.63, 3.8) is 0 Å². The van der Waals surface area contributed by atoms with Crippen LogP contribution in [0, 0.1) is 12.7 Å². The lowest BCUT2D eigenvalue weighted by Crippen LogP contribution is -2.48. The minimum atomic E-state index is -3.35. The smallest absolute Gasteiger partial charge is 0.252 e. The van der Waals surface area contributed by atoms with Crippen molar-refractivity contribution < 1.29 is 12.8 Å². The monoisotopic (exact) mass is 382 g/mol. The summed E-state index contributed by atoms with van der Waals surface area (Å²) in [5.74, 6) is -0.194. The fraction of sp³-hybridized carbons (Fsp3) is 0.444. The Labute approximate surface area is 152 Å². The van der Waals surface area contributed by atoms with Gasteiger partial charge in [0.1, 0.15) is 10.0 Å². The molecule has 0 bridgehead atoms. The van der Waals surface area contributed by atoms with Crippen LogP contribution in [-0.2, 0) is 16.4 Å². The first-order chi connectivity index (χ1) is 11.9. The molecule has 0 unspecified atom stereocenters. The third kappa shape index (κ3) is 4.67. The zero-order valence-corrected chi connectivity index (χ0v) is 16.0. The SMILES string of the molecule is Cc1ccc(S(=O)(=O)N2CCN(CCCc3cccc(F)c3)CC2)s1. The largest absolute Gasteiger partial charge is 0.301 e. The van der Waals surface area contributed by atoms with Gasteiger partial charge >= 0.3 is 0 Å². The first-order valence-corrected chi connectivity index (χ1v) is 10.7. The number of sulfonamides is 1. The van der Waals surface area contributed by atoms with Crippen molar-refractivity contribution in [2.24, 2.45) is 0 Å². The van der Waals surface area contributed by atoms with E-state index in [0.717, 1.165) is 42.9 Å². The number of hydrogen-bond acceptors (Lipinski definition) is 4. The molecule has 0 radical (unpaired) electrons. The van der Waals surface area contributed by atoms with Crippen LogP contribution in [-0.4, -0.2) is 50.3 Å². The maximum atomic E-state index is 13.2. The van der Waals surface area contributed by atoms with Crippen molar-refractivity contribution in [3.8, 4) is 0 Å². The van der Waals surface area contributed by atoms with Crippen molar-refractivity contribution in [1.82, 2.24) is 9.21 Å². The summed E-state index contributed by atoms with van der Waals surface area (Å²) in [4.78, 5) is 3.29. The number of aryl methyl sites for hydroxylation is 2. The molecule has 1 aromatic heterocycles. The molecule has 1 aliphatic rings. The second-order valence-corrected chi connectivity index (χ2v) is 9.80. The van der Waals surface area contributed by atoms with Crippen LogP contribution >= 0.6 is 11.3 Å². The summed E-state index contributed by atoms with van der Waals surface area (Å²) in [6, 6.07) is 10.3. The molecule has 0 saturated carbocycles. The van der Waals surface area contributed by atoms with Crippen LogP contribution in [0.2, 0.25) is 0 Å². The maximum Gasteiger partial charge on any atom is 0.252 e. The Bertz CT molecular complexity index is 812. The van der Waals surface area contributed by atoms with E-state index in [1.807, 2.05) is 19.1 Å². The number of halogens is 1. The molecule has 2 heterocycles. The molecule has 3 rings (SSSR count). The molecular formula is C18H23FN2O2S2. The van der Waals surface area contributed by atoms with Crippen molar-refractivity contribution in [3.05, 3.63) is 52.7 Å². The molecular weight excluding hydrogens is 359 g/mol. The molecule has 1 aliphatic heterocycles. The van der Waals surface area contributed by atoms with Crippen molar-refractivity contribution in [2.75, 3.05) is 32.7 Å². The molecule has 0 N–H and O–H groups in total. The topological polar surface area (TPSA) is 40.6 Å².